The summed E-state index contributed by atoms with van der Waals surface area (Å²) in [5.41, 5.74) is 1.36. The number of benzene rings is 2. The standard InChI is InChI=1S/C22H25NO6/c1-3-27-20(24)18(21(25)28-4-2)19(17-13-9-6-10-14-17)23-22(26)29-15-16-11-7-5-8-12-16/h5-14,18-19H,3-4,15H2,1-2H3,(H,23,26)/t19-/m1/s1. The monoisotopic (exact) mass is 399 g/mol. The van der Waals surface area contributed by atoms with Crippen LogP contribution in [0.1, 0.15) is 31.0 Å². The third-order valence-electron chi connectivity index (χ3n) is 4.06. The van der Waals surface area contributed by atoms with E-state index in [0.29, 0.717) is 5.56 Å². The lowest BCUT2D eigenvalue weighted by Gasteiger charge is -2.25. The molecule has 2 aromatic carbocycles. The normalized spacial score (nSPS) is 11.4. The van der Waals surface area contributed by atoms with Gasteiger partial charge >= 0.3 is 18.0 Å². The van der Waals surface area contributed by atoms with Crippen molar-refractivity contribution in [3.05, 3.63) is 71.8 Å². The third kappa shape index (κ3) is 6.64. The molecule has 0 aliphatic rings. The van der Waals surface area contributed by atoms with Gasteiger partial charge in [0.05, 0.1) is 19.3 Å². The highest BCUT2D eigenvalue weighted by atomic mass is 16.6. The smallest absolute Gasteiger partial charge is 0.407 e. The van der Waals surface area contributed by atoms with Crippen LogP contribution in [-0.4, -0.2) is 31.2 Å². The zero-order chi connectivity index (χ0) is 21.1. The number of carbonyl (C=O) groups excluding carboxylic acids is 3. The van der Waals surface area contributed by atoms with Crippen molar-refractivity contribution in [2.24, 2.45) is 5.92 Å². The zero-order valence-electron chi connectivity index (χ0n) is 16.5. The van der Waals surface area contributed by atoms with Crippen molar-refractivity contribution in [1.29, 1.82) is 0 Å². The molecule has 0 spiro atoms. The molecule has 1 amide bonds. The van der Waals surface area contributed by atoms with E-state index in [-0.39, 0.29) is 19.8 Å². The number of hydrogen-bond donors (Lipinski definition) is 1. The fourth-order valence-electron chi connectivity index (χ4n) is 2.74. The Balaban J connectivity index is 2.23. The molecule has 0 saturated heterocycles. The Bertz CT molecular complexity index is 775. The molecule has 29 heavy (non-hydrogen) atoms. The molecule has 2 rings (SSSR count). The van der Waals surface area contributed by atoms with Gasteiger partial charge < -0.3 is 19.5 Å². The summed E-state index contributed by atoms with van der Waals surface area (Å²) in [4.78, 5) is 37.5. The van der Waals surface area contributed by atoms with Crippen molar-refractivity contribution >= 4 is 18.0 Å². The molecule has 7 nitrogen and oxygen atoms in total. The highest BCUT2D eigenvalue weighted by molar-refractivity contribution is 5.96. The largest absolute Gasteiger partial charge is 0.465 e. The minimum atomic E-state index is -1.36. The van der Waals surface area contributed by atoms with Crippen LogP contribution in [0.4, 0.5) is 4.79 Å². The van der Waals surface area contributed by atoms with Crippen LogP contribution in [0.2, 0.25) is 0 Å². The Labute approximate surface area is 170 Å². The summed E-state index contributed by atoms with van der Waals surface area (Å²) >= 11 is 0. The minimum absolute atomic E-state index is 0.0532. The van der Waals surface area contributed by atoms with Gasteiger partial charge in [0, 0.05) is 0 Å². The van der Waals surface area contributed by atoms with Crippen molar-refractivity contribution < 1.29 is 28.6 Å². The Morgan fingerprint density at radius 3 is 1.83 bits per heavy atom. The molecule has 154 valence electrons. The number of nitrogens with one attached hydrogen (secondary N) is 1. The Hall–Kier alpha value is -3.35. The minimum Gasteiger partial charge on any atom is -0.465 e. The van der Waals surface area contributed by atoms with Gasteiger partial charge in [-0.15, -0.1) is 0 Å². The van der Waals surface area contributed by atoms with E-state index >= 15 is 0 Å². The van der Waals surface area contributed by atoms with E-state index in [0.717, 1.165) is 5.56 Å². The molecular formula is C22H25NO6. The lowest BCUT2D eigenvalue weighted by atomic mass is 9.93. The van der Waals surface area contributed by atoms with E-state index in [4.69, 9.17) is 14.2 Å². The first-order chi connectivity index (χ1) is 14.1. The van der Waals surface area contributed by atoms with Gasteiger partial charge in [0.15, 0.2) is 5.92 Å². The molecule has 0 bridgehead atoms. The van der Waals surface area contributed by atoms with Crippen molar-refractivity contribution in [2.75, 3.05) is 13.2 Å². The third-order valence-corrected chi connectivity index (χ3v) is 4.06. The number of hydrogen-bond acceptors (Lipinski definition) is 6. The number of rotatable bonds is 9. The average molecular weight is 399 g/mol. The second-order valence-electron chi connectivity index (χ2n) is 6.08. The topological polar surface area (TPSA) is 90.9 Å². The summed E-state index contributed by atoms with van der Waals surface area (Å²) in [5.74, 6) is -2.91. The number of esters is 2. The SMILES string of the molecule is CCOC(=O)C(C(=O)OCC)[C@H](NC(=O)OCc1ccccc1)c1ccccc1. The lowest BCUT2D eigenvalue weighted by molar-refractivity contribution is -0.163. The molecule has 0 fully saturated rings. The van der Waals surface area contributed by atoms with Crippen LogP contribution >= 0.6 is 0 Å². The molecular weight excluding hydrogens is 374 g/mol. The van der Waals surface area contributed by atoms with E-state index in [1.54, 1.807) is 44.2 Å². The van der Waals surface area contributed by atoms with E-state index in [1.807, 2.05) is 30.3 Å². The van der Waals surface area contributed by atoms with Crippen LogP contribution in [0.3, 0.4) is 0 Å². The van der Waals surface area contributed by atoms with Gasteiger partial charge in [-0.1, -0.05) is 60.7 Å². The van der Waals surface area contributed by atoms with Crippen LogP contribution in [0.5, 0.6) is 0 Å². The van der Waals surface area contributed by atoms with Crippen LogP contribution in [0, 0.1) is 5.92 Å². The highest BCUT2D eigenvalue weighted by Crippen LogP contribution is 2.25. The van der Waals surface area contributed by atoms with Crippen LogP contribution in [0.15, 0.2) is 60.7 Å². The molecule has 0 aliphatic carbocycles. The first-order valence-corrected chi connectivity index (χ1v) is 9.42. The zero-order valence-corrected chi connectivity index (χ0v) is 16.5. The van der Waals surface area contributed by atoms with Gasteiger partial charge in [0.25, 0.3) is 0 Å². The molecule has 1 N–H and O–H groups in total. The van der Waals surface area contributed by atoms with Crippen molar-refractivity contribution in [2.45, 2.75) is 26.5 Å². The number of alkyl carbamates (subject to hydrolysis) is 1. The van der Waals surface area contributed by atoms with E-state index in [2.05, 4.69) is 5.32 Å². The molecule has 0 saturated carbocycles. The summed E-state index contributed by atoms with van der Waals surface area (Å²) in [6.07, 6.45) is -0.763. The molecule has 2 aromatic rings. The predicted molar refractivity (Wildman–Crippen MR) is 106 cm³/mol. The van der Waals surface area contributed by atoms with Crippen molar-refractivity contribution in [3.63, 3.8) is 0 Å². The van der Waals surface area contributed by atoms with Crippen molar-refractivity contribution in [1.82, 2.24) is 5.32 Å². The van der Waals surface area contributed by atoms with E-state index < -0.39 is 30.0 Å². The lowest BCUT2D eigenvalue weighted by Crippen LogP contribution is -2.42. The second kappa shape index (κ2) is 11.5. The summed E-state index contributed by atoms with van der Waals surface area (Å²) < 4.78 is 15.4. The van der Waals surface area contributed by atoms with Crippen molar-refractivity contribution in [3.8, 4) is 0 Å². The van der Waals surface area contributed by atoms with Gasteiger partial charge in [-0.3, -0.25) is 9.59 Å². The maximum atomic E-state index is 12.5. The van der Waals surface area contributed by atoms with Gasteiger partial charge in [-0.05, 0) is 25.0 Å². The molecule has 0 heterocycles. The molecule has 7 heteroatoms. The molecule has 1 atom stereocenters. The van der Waals surface area contributed by atoms with Gasteiger partial charge in [0.2, 0.25) is 0 Å². The Morgan fingerprint density at radius 1 is 0.793 bits per heavy atom. The van der Waals surface area contributed by atoms with Gasteiger partial charge in [-0.2, -0.15) is 0 Å². The summed E-state index contributed by atoms with van der Waals surface area (Å²) in [6, 6.07) is 16.8. The first-order valence-electron chi connectivity index (χ1n) is 9.42. The number of ether oxygens (including phenoxy) is 3. The summed E-state index contributed by atoms with van der Waals surface area (Å²) in [6.45, 7) is 3.51. The first kappa shape index (κ1) is 21.9. The van der Waals surface area contributed by atoms with E-state index in [1.165, 1.54) is 0 Å². The highest BCUT2D eigenvalue weighted by Gasteiger charge is 2.39. The summed E-state index contributed by atoms with van der Waals surface area (Å²) in [5, 5.41) is 2.62. The quantitative estimate of drug-likeness (QED) is 0.395. The van der Waals surface area contributed by atoms with Crippen LogP contribution < -0.4 is 5.32 Å². The molecule has 0 unspecified atom stereocenters. The fraction of sp³-hybridized carbons (Fsp3) is 0.318. The van der Waals surface area contributed by atoms with Gasteiger partial charge in [-0.25, -0.2) is 4.79 Å². The maximum Gasteiger partial charge on any atom is 0.407 e. The van der Waals surface area contributed by atoms with E-state index in [9.17, 15) is 14.4 Å². The molecule has 0 aliphatic heterocycles. The summed E-state index contributed by atoms with van der Waals surface area (Å²) in [7, 11) is 0. The van der Waals surface area contributed by atoms with Gasteiger partial charge in [0.1, 0.15) is 6.61 Å². The average Bonchev–Trinajstić information content (AvgIpc) is 2.73. The molecule has 0 aromatic heterocycles. The number of carbonyl (C=O) groups is 3. The van der Waals surface area contributed by atoms with Crippen LogP contribution in [-0.2, 0) is 30.4 Å². The Morgan fingerprint density at radius 2 is 1.31 bits per heavy atom. The number of amides is 1. The molecule has 0 radical (unpaired) electrons. The predicted octanol–water partition coefficient (Wildman–Crippen LogP) is 3.40. The fourth-order valence-corrected chi connectivity index (χ4v) is 2.74. The second-order valence-corrected chi connectivity index (χ2v) is 6.08. The Kier molecular flexibility index (Phi) is 8.69. The van der Waals surface area contributed by atoms with Crippen LogP contribution in [0.25, 0.3) is 0 Å². The maximum absolute atomic E-state index is 12.5.